The van der Waals surface area contributed by atoms with Crippen LogP contribution < -0.4 is 5.73 Å². The predicted octanol–water partition coefficient (Wildman–Crippen LogP) is 3.80. The lowest BCUT2D eigenvalue weighted by Crippen LogP contribution is -2.24. The van der Waals surface area contributed by atoms with Crippen molar-refractivity contribution >= 4 is 40.9 Å². The number of rotatable bonds is 6. The summed E-state index contributed by atoms with van der Waals surface area (Å²) in [5, 5.41) is 0.269. The largest absolute Gasteiger partial charge is 0.438 e. The Hall–Kier alpha value is -1.87. The Kier molecular flexibility index (Phi) is 5.77. The minimum absolute atomic E-state index is 0.169. The van der Waals surface area contributed by atoms with Crippen LogP contribution in [0.3, 0.4) is 0 Å². The molecular formula is C16H18F2NO6PS. The summed E-state index contributed by atoms with van der Waals surface area (Å²) in [5.41, 5.74) is -0.806. The summed E-state index contributed by atoms with van der Waals surface area (Å²) in [7, 11) is -5.51. The number of nitrogens with two attached hydrogens (primary N) is 1. The quantitative estimate of drug-likeness (QED) is 0.416. The second kappa shape index (κ2) is 7.27. The first-order valence-electron chi connectivity index (χ1n) is 7.62. The number of hydrogen-bond donors (Lipinski definition) is 2. The number of amides is 1. The molecule has 0 spiro atoms. The third-order valence-corrected chi connectivity index (χ3v) is 6.05. The predicted molar refractivity (Wildman–Crippen MR) is 95.6 cm³/mol. The normalized spacial score (nSPS) is 14.7. The van der Waals surface area contributed by atoms with Crippen LogP contribution in [0.5, 0.6) is 0 Å². The van der Waals surface area contributed by atoms with E-state index in [1.165, 1.54) is 32.9 Å². The molecule has 0 bridgehead atoms. The summed E-state index contributed by atoms with van der Waals surface area (Å²) < 4.78 is 50.5. The van der Waals surface area contributed by atoms with Crippen molar-refractivity contribution < 1.29 is 37.1 Å². The smallest absolute Gasteiger partial charge is 0.404 e. The number of primary amides is 1. The van der Waals surface area contributed by atoms with Gasteiger partial charge in [0.05, 0.1) is 10.3 Å². The van der Waals surface area contributed by atoms with Crippen LogP contribution in [0.25, 0.3) is 10.1 Å². The lowest BCUT2D eigenvalue weighted by atomic mass is 9.98. The lowest BCUT2D eigenvalue weighted by Gasteiger charge is -2.23. The van der Waals surface area contributed by atoms with Crippen LogP contribution in [0.15, 0.2) is 24.3 Å². The number of hydrogen-bond acceptors (Lipinski definition) is 6. The zero-order valence-electron chi connectivity index (χ0n) is 14.7. The van der Waals surface area contributed by atoms with Gasteiger partial charge in [0.25, 0.3) is 5.91 Å². The number of ether oxygens (including phenoxy) is 1. The molecule has 1 amide bonds. The van der Waals surface area contributed by atoms with Crippen LogP contribution >= 0.6 is 18.9 Å². The second-order valence-electron chi connectivity index (χ2n) is 6.72. The Bertz CT molecular complexity index is 937. The Balaban J connectivity index is 2.22. The number of esters is 1. The van der Waals surface area contributed by atoms with Gasteiger partial charge in [0, 0.05) is 10.3 Å². The first kappa shape index (κ1) is 21.4. The maximum absolute atomic E-state index is 14.5. The summed E-state index contributed by atoms with van der Waals surface area (Å²) >= 11 is 1.01. The number of carbonyl (C=O) groups is 2. The number of carbonyl (C=O) groups excluding carboxylic acids is 2. The van der Waals surface area contributed by atoms with E-state index < -0.39 is 42.9 Å². The summed E-state index contributed by atoms with van der Waals surface area (Å²) in [6.45, 7) is 3.49. The van der Waals surface area contributed by atoms with Crippen LogP contribution in [0.1, 0.15) is 36.0 Å². The SMILES string of the molecule is CC(C)(C)C(=O)OCOP(=O)(O)C(F)(F)c1ccc2sc(C(N)=O)cc2c1. The molecule has 3 N–H and O–H groups in total. The fraction of sp³-hybridized carbons (Fsp3) is 0.375. The van der Waals surface area contributed by atoms with Gasteiger partial charge in [-0.15, -0.1) is 11.3 Å². The molecular weight excluding hydrogens is 403 g/mol. The third kappa shape index (κ3) is 4.52. The molecule has 1 aromatic carbocycles. The van der Waals surface area contributed by atoms with Crippen molar-refractivity contribution in [3.05, 3.63) is 34.7 Å². The van der Waals surface area contributed by atoms with Crippen molar-refractivity contribution in [2.24, 2.45) is 11.1 Å². The monoisotopic (exact) mass is 421 g/mol. The second-order valence-corrected chi connectivity index (χ2v) is 9.66. The first-order chi connectivity index (χ1) is 12.3. The topological polar surface area (TPSA) is 116 Å². The van der Waals surface area contributed by atoms with Crippen LogP contribution in [-0.2, 0) is 24.3 Å². The van der Waals surface area contributed by atoms with Gasteiger partial charge in [-0.25, -0.2) is 0 Å². The van der Waals surface area contributed by atoms with Crippen LogP contribution in [-0.4, -0.2) is 23.6 Å². The highest BCUT2D eigenvalue weighted by Gasteiger charge is 2.53. The van der Waals surface area contributed by atoms with E-state index in [2.05, 4.69) is 9.26 Å². The summed E-state index contributed by atoms with van der Waals surface area (Å²) in [6, 6.07) is 4.54. The van der Waals surface area contributed by atoms with Crippen molar-refractivity contribution in [1.29, 1.82) is 0 Å². The van der Waals surface area contributed by atoms with Crippen molar-refractivity contribution in [2.45, 2.75) is 26.4 Å². The molecule has 1 aromatic heterocycles. The molecule has 0 aliphatic rings. The average molecular weight is 421 g/mol. The van der Waals surface area contributed by atoms with E-state index in [-0.39, 0.29) is 10.3 Å². The Labute approximate surface area is 157 Å². The standard InChI is InChI=1S/C16H18F2NO6PS/c1-15(2,3)14(21)24-8-25-26(22,23)16(17,18)10-4-5-11-9(6-10)7-12(27-11)13(19)20/h4-7H,8H2,1-3H3,(H2,19,20)(H,22,23). The molecule has 1 heterocycles. The van der Waals surface area contributed by atoms with Gasteiger partial charge < -0.3 is 15.4 Å². The minimum atomic E-state index is -5.51. The molecule has 0 fully saturated rings. The molecule has 148 valence electrons. The number of thiophene rings is 1. The van der Waals surface area contributed by atoms with Crippen LogP contribution in [0.2, 0.25) is 0 Å². The Morgan fingerprint density at radius 1 is 1.26 bits per heavy atom. The molecule has 0 radical (unpaired) electrons. The maximum Gasteiger partial charge on any atom is 0.404 e. The van der Waals surface area contributed by atoms with Crippen LogP contribution in [0.4, 0.5) is 8.78 Å². The molecule has 0 saturated heterocycles. The van der Waals surface area contributed by atoms with Crippen molar-refractivity contribution in [1.82, 2.24) is 0 Å². The molecule has 2 aromatic rings. The van der Waals surface area contributed by atoms with Gasteiger partial charge in [0.15, 0.2) is 0 Å². The number of halogens is 2. The summed E-state index contributed by atoms with van der Waals surface area (Å²) in [5.74, 6) is -1.48. The van der Waals surface area contributed by atoms with E-state index >= 15 is 0 Å². The molecule has 2 rings (SSSR count). The molecule has 0 aliphatic heterocycles. The van der Waals surface area contributed by atoms with Gasteiger partial charge in [0.1, 0.15) is 0 Å². The minimum Gasteiger partial charge on any atom is -0.438 e. The van der Waals surface area contributed by atoms with E-state index in [0.29, 0.717) is 4.70 Å². The molecule has 1 atom stereocenters. The van der Waals surface area contributed by atoms with E-state index in [4.69, 9.17) is 5.73 Å². The molecule has 0 aliphatic carbocycles. The van der Waals surface area contributed by atoms with Gasteiger partial charge in [0.2, 0.25) is 6.79 Å². The highest BCUT2D eigenvalue weighted by Crippen LogP contribution is 2.63. The fourth-order valence-electron chi connectivity index (χ4n) is 1.96. The summed E-state index contributed by atoms with van der Waals surface area (Å²) in [6.07, 6.45) is 0. The number of alkyl halides is 2. The van der Waals surface area contributed by atoms with Crippen molar-refractivity contribution in [3.8, 4) is 0 Å². The van der Waals surface area contributed by atoms with E-state index in [0.717, 1.165) is 23.5 Å². The fourth-order valence-corrected chi connectivity index (χ4v) is 3.68. The summed E-state index contributed by atoms with van der Waals surface area (Å²) in [4.78, 5) is 32.6. The lowest BCUT2D eigenvalue weighted by molar-refractivity contribution is -0.160. The molecule has 11 heteroatoms. The molecule has 0 saturated carbocycles. The van der Waals surface area contributed by atoms with Crippen molar-refractivity contribution in [3.63, 3.8) is 0 Å². The molecule has 27 heavy (non-hydrogen) atoms. The van der Waals surface area contributed by atoms with Gasteiger partial charge in [-0.1, -0.05) is 6.07 Å². The number of benzene rings is 1. The zero-order chi connectivity index (χ0) is 20.6. The molecule has 1 unspecified atom stereocenters. The molecule has 7 nitrogen and oxygen atoms in total. The van der Waals surface area contributed by atoms with Gasteiger partial charge in [-0.2, -0.15) is 8.78 Å². The zero-order valence-corrected chi connectivity index (χ0v) is 16.4. The van der Waals surface area contributed by atoms with Crippen molar-refractivity contribution in [2.75, 3.05) is 6.79 Å². The van der Waals surface area contributed by atoms with Crippen LogP contribution in [0, 0.1) is 5.41 Å². The third-order valence-electron chi connectivity index (χ3n) is 3.49. The van der Waals surface area contributed by atoms with Gasteiger partial charge in [-0.05, 0) is 44.4 Å². The highest BCUT2D eigenvalue weighted by atomic mass is 32.1. The Morgan fingerprint density at radius 3 is 2.44 bits per heavy atom. The van der Waals surface area contributed by atoms with E-state index in [1.807, 2.05) is 0 Å². The Morgan fingerprint density at radius 2 is 1.89 bits per heavy atom. The first-order valence-corrected chi connectivity index (χ1v) is 10.0. The van der Waals surface area contributed by atoms with E-state index in [1.54, 1.807) is 0 Å². The van der Waals surface area contributed by atoms with Gasteiger partial charge in [-0.3, -0.25) is 18.7 Å². The number of fused-ring (bicyclic) bond motifs is 1. The maximum atomic E-state index is 14.5. The highest BCUT2D eigenvalue weighted by molar-refractivity contribution is 7.53. The average Bonchev–Trinajstić information content (AvgIpc) is 2.96. The van der Waals surface area contributed by atoms with Gasteiger partial charge >= 0.3 is 19.2 Å². The van der Waals surface area contributed by atoms with E-state index in [9.17, 15) is 27.8 Å².